The first kappa shape index (κ1) is 42.1. The van der Waals surface area contributed by atoms with Gasteiger partial charge in [0.2, 0.25) is 23.3 Å². The van der Waals surface area contributed by atoms with Crippen molar-refractivity contribution in [1.29, 1.82) is 0 Å². The van der Waals surface area contributed by atoms with Gasteiger partial charge in [-0.05, 0) is 81.9 Å². The number of carbonyl (C=O) groups is 4. The number of hydrogen-bond donors (Lipinski definition) is 3. The fourth-order valence-electron chi connectivity index (χ4n) is 7.26. The van der Waals surface area contributed by atoms with Gasteiger partial charge in [0.1, 0.15) is 29.5 Å². The van der Waals surface area contributed by atoms with Gasteiger partial charge in [-0.15, -0.1) is 0 Å². The second-order valence-corrected chi connectivity index (χ2v) is 17.1. The number of ether oxygens (including phenoxy) is 4. The molecule has 0 spiro atoms. The van der Waals surface area contributed by atoms with E-state index in [9.17, 15) is 32.3 Å². The van der Waals surface area contributed by atoms with Gasteiger partial charge in [-0.3, -0.25) is 19.1 Å². The van der Waals surface area contributed by atoms with E-state index in [1.807, 2.05) is 19.1 Å². The topological polar surface area (TPSA) is 157 Å². The Bertz CT molecular complexity index is 1910. The molecule has 13 nitrogen and oxygen atoms in total. The molecule has 4 aliphatic rings. The van der Waals surface area contributed by atoms with Gasteiger partial charge in [0.25, 0.3) is 5.91 Å². The number of amides is 4. The standard InChI is InChI=1S/C39H49F4N5O8S/c1-20-8-7-9-21(2)31(45-36(52)56-37(3,4)39(41,42)43)34(50)48-19-23(55-33-26-15-27(40)29(53-5)16-25(26)30(54-6)18-44-33)14-28(48)32(49)46-38(17-22(38)11-10-20)35(51)47-57-24-12-13-24/h10-11,15-16,18,20-24,28,31H,7-9,12-14,17,19H2,1-6H3,(H,45,52)(H,46,49)(H,47,51)/b11-10-/t20-,21-,22?,23-,28+,31+,38-/m1/s1. The van der Waals surface area contributed by atoms with Gasteiger partial charge in [0.15, 0.2) is 11.6 Å². The van der Waals surface area contributed by atoms with Crippen molar-refractivity contribution in [2.24, 2.45) is 17.8 Å². The van der Waals surface area contributed by atoms with Crippen LogP contribution in [0.1, 0.15) is 72.6 Å². The summed E-state index contributed by atoms with van der Waals surface area (Å²) in [5, 5.41) is 6.28. The molecule has 0 bridgehead atoms. The van der Waals surface area contributed by atoms with Gasteiger partial charge < -0.3 is 34.5 Å². The number of methoxy groups -OCH3 is 2. The molecule has 1 aromatic carbocycles. The van der Waals surface area contributed by atoms with E-state index in [1.165, 1.54) is 49.4 Å². The average Bonchev–Trinajstić information content (AvgIpc) is 4.07. The number of aromatic nitrogens is 1. The second kappa shape index (κ2) is 16.4. The van der Waals surface area contributed by atoms with Gasteiger partial charge in [0, 0.05) is 23.0 Å². The van der Waals surface area contributed by atoms with Crippen LogP contribution in [0.3, 0.4) is 0 Å². The summed E-state index contributed by atoms with van der Waals surface area (Å²) in [7, 11) is 2.74. The highest BCUT2D eigenvalue weighted by molar-refractivity contribution is 7.98. The van der Waals surface area contributed by atoms with Crippen molar-refractivity contribution < 1.29 is 55.7 Å². The number of benzene rings is 1. The second-order valence-electron chi connectivity index (χ2n) is 16.0. The summed E-state index contributed by atoms with van der Waals surface area (Å²) < 4.78 is 80.8. The van der Waals surface area contributed by atoms with Crippen molar-refractivity contribution in [2.45, 2.75) is 113 Å². The van der Waals surface area contributed by atoms with Crippen LogP contribution in [0.25, 0.3) is 10.8 Å². The molecule has 1 saturated heterocycles. The predicted octanol–water partition coefficient (Wildman–Crippen LogP) is 5.99. The fourth-order valence-corrected chi connectivity index (χ4v) is 8.08. The molecule has 2 saturated carbocycles. The molecule has 2 aromatic rings. The molecule has 6 rings (SSSR count). The molecule has 57 heavy (non-hydrogen) atoms. The van der Waals surface area contributed by atoms with Crippen molar-refractivity contribution >= 4 is 46.5 Å². The summed E-state index contributed by atoms with van der Waals surface area (Å²) in [5.74, 6) is -3.10. The number of halogens is 4. The van der Waals surface area contributed by atoms with E-state index in [1.54, 1.807) is 6.92 Å². The Labute approximate surface area is 332 Å². The molecular formula is C39H49F4N5O8S. The van der Waals surface area contributed by atoms with Crippen molar-refractivity contribution in [1.82, 2.24) is 25.2 Å². The maximum Gasteiger partial charge on any atom is 0.427 e. The van der Waals surface area contributed by atoms with Crippen LogP contribution in [-0.2, 0) is 19.1 Å². The Kier molecular flexibility index (Phi) is 12.1. The third kappa shape index (κ3) is 9.15. The zero-order valence-corrected chi connectivity index (χ0v) is 33.5. The van der Waals surface area contributed by atoms with Crippen LogP contribution in [0.4, 0.5) is 22.4 Å². The zero-order chi connectivity index (χ0) is 41.4. The first-order chi connectivity index (χ1) is 26.9. The molecule has 312 valence electrons. The molecule has 3 heterocycles. The normalized spacial score (nSPS) is 28.8. The van der Waals surface area contributed by atoms with Crippen LogP contribution in [0.5, 0.6) is 17.4 Å². The van der Waals surface area contributed by atoms with Crippen molar-refractivity contribution in [3.63, 3.8) is 0 Å². The van der Waals surface area contributed by atoms with Gasteiger partial charge in [-0.1, -0.05) is 32.4 Å². The van der Waals surface area contributed by atoms with Crippen molar-refractivity contribution in [2.75, 3.05) is 20.8 Å². The van der Waals surface area contributed by atoms with Crippen LogP contribution in [0.2, 0.25) is 0 Å². The summed E-state index contributed by atoms with van der Waals surface area (Å²) in [6.07, 6.45) is 1.88. The van der Waals surface area contributed by atoms with Crippen LogP contribution < -0.4 is 29.6 Å². The number of rotatable bonds is 9. The minimum absolute atomic E-state index is 0.0246. The lowest BCUT2D eigenvalue weighted by Crippen LogP contribution is -2.59. The smallest absolute Gasteiger partial charge is 0.427 e. The summed E-state index contributed by atoms with van der Waals surface area (Å²) >= 11 is 1.32. The number of carbonyl (C=O) groups excluding carboxylic acids is 4. The summed E-state index contributed by atoms with van der Waals surface area (Å²) in [4.78, 5) is 61.6. The first-order valence-corrected chi connectivity index (χ1v) is 20.0. The van der Waals surface area contributed by atoms with E-state index in [4.69, 9.17) is 18.9 Å². The lowest BCUT2D eigenvalue weighted by molar-refractivity contribution is -0.244. The zero-order valence-electron chi connectivity index (χ0n) is 32.7. The number of hydrogen-bond acceptors (Lipinski definition) is 10. The molecule has 3 N–H and O–H groups in total. The number of alkyl carbamates (subject to hydrolysis) is 1. The maximum absolute atomic E-state index is 15.0. The van der Waals surface area contributed by atoms with Crippen LogP contribution in [0, 0.1) is 23.6 Å². The SMILES string of the molecule is COc1cc2c(OC)cnc(O[C@@H]3C[C@H]4C(=O)N[C@]5(C(=O)NSC6CC6)CC5/C=C\[C@H](C)CCC[C@@H](C)[C@H](NC(=O)OC(C)(C)C(F)(F)F)C(=O)N4C3)c2cc1F. The molecule has 7 atom stereocenters. The Morgan fingerprint density at radius 3 is 2.40 bits per heavy atom. The molecule has 18 heteroatoms. The lowest BCUT2D eigenvalue weighted by Gasteiger charge is -2.33. The third-order valence-electron chi connectivity index (χ3n) is 11.2. The first-order valence-electron chi connectivity index (χ1n) is 19.1. The van der Waals surface area contributed by atoms with E-state index < -0.39 is 65.1 Å². The summed E-state index contributed by atoms with van der Waals surface area (Å²) in [6.45, 7) is 4.87. The highest BCUT2D eigenvalue weighted by Crippen LogP contribution is 2.47. The molecule has 0 radical (unpaired) electrons. The van der Waals surface area contributed by atoms with Gasteiger partial charge in [-0.2, -0.15) is 13.2 Å². The number of fused-ring (bicyclic) bond motifs is 3. The quantitative estimate of drug-likeness (QED) is 0.156. The van der Waals surface area contributed by atoms with Crippen LogP contribution in [-0.4, -0.2) is 95.2 Å². The predicted molar refractivity (Wildman–Crippen MR) is 202 cm³/mol. The molecular weight excluding hydrogens is 775 g/mol. The molecule has 4 amide bonds. The number of nitrogens with zero attached hydrogens (tertiary/aromatic N) is 2. The largest absolute Gasteiger partial charge is 0.494 e. The maximum atomic E-state index is 15.0. The lowest BCUT2D eigenvalue weighted by atomic mass is 9.92. The number of allylic oxidation sites excluding steroid dienone is 1. The Balaban J connectivity index is 1.35. The van der Waals surface area contributed by atoms with Gasteiger partial charge in [0.05, 0.1) is 32.3 Å². The minimum atomic E-state index is -4.90. The summed E-state index contributed by atoms with van der Waals surface area (Å²) in [6, 6.07) is -0.0609. The van der Waals surface area contributed by atoms with Crippen molar-refractivity contribution in [3.05, 3.63) is 36.3 Å². The van der Waals surface area contributed by atoms with Crippen LogP contribution >= 0.6 is 11.9 Å². The third-order valence-corrected chi connectivity index (χ3v) is 12.3. The summed E-state index contributed by atoms with van der Waals surface area (Å²) in [5.41, 5.74) is -4.16. The van der Waals surface area contributed by atoms with Gasteiger partial charge in [-0.25, -0.2) is 14.2 Å². The molecule has 2 aliphatic heterocycles. The minimum Gasteiger partial charge on any atom is -0.494 e. The van der Waals surface area contributed by atoms with E-state index in [0.29, 0.717) is 55.9 Å². The van der Waals surface area contributed by atoms with Gasteiger partial charge >= 0.3 is 12.3 Å². The molecule has 2 aliphatic carbocycles. The fraction of sp³-hybridized carbons (Fsp3) is 0.615. The number of nitrogens with one attached hydrogen (secondary N) is 3. The number of pyridine rings is 1. The number of alkyl halides is 3. The molecule has 1 unspecified atom stereocenters. The Morgan fingerprint density at radius 1 is 1.02 bits per heavy atom. The monoisotopic (exact) mass is 823 g/mol. The highest BCUT2D eigenvalue weighted by Gasteiger charge is 2.61. The molecule has 3 fully saturated rings. The van der Waals surface area contributed by atoms with E-state index in [0.717, 1.165) is 12.8 Å². The molecule has 1 aromatic heterocycles. The Morgan fingerprint density at radius 2 is 1.74 bits per heavy atom. The van der Waals surface area contributed by atoms with E-state index in [2.05, 4.69) is 20.3 Å². The Hall–Kier alpha value is -4.48. The van der Waals surface area contributed by atoms with E-state index in [-0.39, 0.29) is 47.7 Å². The van der Waals surface area contributed by atoms with Crippen LogP contribution in [0.15, 0.2) is 30.5 Å². The highest BCUT2D eigenvalue weighted by atomic mass is 32.2. The van der Waals surface area contributed by atoms with E-state index >= 15 is 4.39 Å². The average molecular weight is 824 g/mol. The van der Waals surface area contributed by atoms with Crippen molar-refractivity contribution in [3.8, 4) is 17.4 Å².